The Balaban J connectivity index is 1.58. The molecule has 0 spiro atoms. The minimum Gasteiger partial charge on any atom is -0.351 e. The molecule has 0 radical (unpaired) electrons. The SMILES string of the molecule is O=C(NCCc1nc(-c2ccccc2)n[nH]1)c1cc(Cl)ccc1F. The molecule has 1 aromatic heterocycles. The van der Waals surface area contributed by atoms with Crippen LogP contribution in [0.3, 0.4) is 0 Å². The van der Waals surface area contributed by atoms with Crippen molar-refractivity contribution < 1.29 is 9.18 Å². The highest BCUT2D eigenvalue weighted by atomic mass is 35.5. The van der Waals surface area contributed by atoms with E-state index in [9.17, 15) is 9.18 Å². The summed E-state index contributed by atoms with van der Waals surface area (Å²) in [6.45, 7) is 0.300. The maximum atomic E-state index is 13.6. The predicted molar refractivity (Wildman–Crippen MR) is 89.3 cm³/mol. The first-order chi connectivity index (χ1) is 11.6. The second kappa shape index (κ2) is 7.23. The minimum absolute atomic E-state index is 0.0787. The molecule has 0 saturated carbocycles. The Morgan fingerprint density at radius 1 is 1.21 bits per heavy atom. The lowest BCUT2D eigenvalue weighted by molar-refractivity contribution is 0.0950. The van der Waals surface area contributed by atoms with Gasteiger partial charge in [0, 0.05) is 23.6 Å². The molecule has 0 fully saturated rings. The van der Waals surface area contributed by atoms with E-state index in [-0.39, 0.29) is 5.56 Å². The summed E-state index contributed by atoms with van der Waals surface area (Å²) in [6, 6.07) is 13.4. The van der Waals surface area contributed by atoms with Gasteiger partial charge in [0.15, 0.2) is 5.82 Å². The largest absolute Gasteiger partial charge is 0.351 e. The molecule has 0 unspecified atom stereocenters. The third-order valence-electron chi connectivity index (χ3n) is 3.38. The topological polar surface area (TPSA) is 70.7 Å². The highest BCUT2D eigenvalue weighted by Gasteiger charge is 2.12. The average Bonchev–Trinajstić information content (AvgIpc) is 3.06. The van der Waals surface area contributed by atoms with Crippen LogP contribution in [-0.4, -0.2) is 27.6 Å². The van der Waals surface area contributed by atoms with Gasteiger partial charge in [-0.3, -0.25) is 9.89 Å². The van der Waals surface area contributed by atoms with E-state index < -0.39 is 11.7 Å². The fourth-order valence-corrected chi connectivity index (χ4v) is 2.36. The van der Waals surface area contributed by atoms with Crippen molar-refractivity contribution in [3.63, 3.8) is 0 Å². The van der Waals surface area contributed by atoms with Gasteiger partial charge < -0.3 is 5.32 Å². The number of nitrogens with zero attached hydrogens (tertiary/aromatic N) is 2. The van der Waals surface area contributed by atoms with Gasteiger partial charge in [0.05, 0.1) is 5.56 Å². The molecule has 3 aromatic rings. The number of hydrogen-bond donors (Lipinski definition) is 2. The van der Waals surface area contributed by atoms with Crippen LogP contribution in [0.4, 0.5) is 4.39 Å². The first kappa shape index (κ1) is 16.1. The molecule has 0 bridgehead atoms. The van der Waals surface area contributed by atoms with Crippen LogP contribution in [0.5, 0.6) is 0 Å². The first-order valence-electron chi connectivity index (χ1n) is 7.33. The molecular formula is C17H14ClFN4O. The van der Waals surface area contributed by atoms with Crippen molar-refractivity contribution in [3.8, 4) is 11.4 Å². The van der Waals surface area contributed by atoms with Gasteiger partial charge in [-0.25, -0.2) is 9.37 Å². The Morgan fingerprint density at radius 3 is 2.79 bits per heavy atom. The van der Waals surface area contributed by atoms with E-state index in [0.717, 1.165) is 5.56 Å². The number of nitrogens with one attached hydrogen (secondary N) is 2. The van der Waals surface area contributed by atoms with Gasteiger partial charge in [-0.05, 0) is 18.2 Å². The molecule has 24 heavy (non-hydrogen) atoms. The zero-order valence-electron chi connectivity index (χ0n) is 12.6. The van der Waals surface area contributed by atoms with Gasteiger partial charge in [-0.1, -0.05) is 41.9 Å². The van der Waals surface area contributed by atoms with E-state index in [1.54, 1.807) is 0 Å². The Labute approximate surface area is 142 Å². The number of benzene rings is 2. The van der Waals surface area contributed by atoms with Crippen LogP contribution < -0.4 is 5.32 Å². The molecule has 0 atom stereocenters. The quantitative estimate of drug-likeness (QED) is 0.746. The Hall–Kier alpha value is -2.73. The number of amides is 1. The van der Waals surface area contributed by atoms with E-state index >= 15 is 0 Å². The molecule has 1 amide bonds. The fraction of sp³-hybridized carbons (Fsp3) is 0.118. The fourth-order valence-electron chi connectivity index (χ4n) is 2.18. The summed E-state index contributed by atoms with van der Waals surface area (Å²) >= 11 is 5.78. The molecule has 122 valence electrons. The third kappa shape index (κ3) is 3.78. The minimum atomic E-state index is -0.608. The monoisotopic (exact) mass is 344 g/mol. The summed E-state index contributed by atoms with van der Waals surface area (Å²) in [5.41, 5.74) is 0.829. The Kier molecular flexibility index (Phi) is 4.86. The summed E-state index contributed by atoms with van der Waals surface area (Å²) in [7, 11) is 0. The second-order valence-corrected chi connectivity index (χ2v) is 5.54. The van der Waals surface area contributed by atoms with Gasteiger partial charge in [0.2, 0.25) is 0 Å². The number of H-pyrrole nitrogens is 1. The Morgan fingerprint density at radius 2 is 2.00 bits per heavy atom. The molecule has 7 heteroatoms. The van der Waals surface area contributed by atoms with Crippen molar-refractivity contribution in [2.24, 2.45) is 0 Å². The molecule has 5 nitrogen and oxygen atoms in total. The van der Waals surface area contributed by atoms with Crippen LogP contribution in [0, 0.1) is 5.82 Å². The number of hydrogen-bond acceptors (Lipinski definition) is 3. The van der Waals surface area contributed by atoms with Crippen LogP contribution >= 0.6 is 11.6 Å². The molecule has 0 saturated heterocycles. The van der Waals surface area contributed by atoms with Crippen LogP contribution in [0.1, 0.15) is 16.2 Å². The highest BCUT2D eigenvalue weighted by Crippen LogP contribution is 2.15. The highest BCUT2D eigenvalue weighted by molar-refractivity contribution is 6.31. The van der Waals surface area contributed by atoms with Crippen molar-refractivity contribution in [1.29, 1.82) is 0 Å². The molecule has 1 heterocycles. The van der Waals surface area contributed by atoms with Crippen molar-refractivity contribution in [2.45, 2.75) is 6.42 Å². The lowest BCUT2D eigenvalue weighted by Gasteiger charge is -2.05. The van der Waals surface area contributed by atoms with Gasteiger partial charge in [-0.2, -0.15) is 5.10 Å². The Bertz CT molecular complexity index is 851. The van der Waals surface area contributed by atoms with E-state index in [1.165, 1.54) is 18.2 Å². The molecular weight excluding hydrogens is 331 g/mol. The molecule has 0 aliphatic heterocycles. The zero-order valence-corrected chi connectivity index (χ0v) is 13.3. The van der Waals surface area contributed by atoms with Gasteiger partial charge in [0.25, 0.3) is 5.91 Å². The zero-order chi connectivity index (χ0) is 16.9. The van der Waals surface area contributed by atoms with Crippen LogP contribution in [0.15, 0.2) is 48.5 Å². The van der Waals surface area contributed by atoms with Crippen molar-refractivity contribution >= 4 is 17.5 Å². The van der Waals surface area contributed by atoms with Gasteiger partial charge >= 0.3 is 0 Å². The van der Waals surface area contributed by atoms with Crippen LogP contribution in [0.25, 0.3) is 11.4 Å². The molecule has 0 aliphatic carbocycles. The number of aromatic nitrogens is 3. The summed E-state index contributed by atoms with van der Waals surface area (Å²) in [5.74, 6) is 0.110. The number of carbonyl (C=O) groups is 1. The normalized spacial score (nSPS) is 10.6. The lowest BCUT2D eigenvalue weighted by Crippen LogP contribution is -2.26. The summed E-state index contributed by atoms with van der Waals surface area (Å²) < 4.78 is 13.6. The van der Waals surface area contributed by atoms with E-state index in [2.05, 4.69) is 20.5 Å². The lowest BCUT2D eigenvalue weighted by atomic mass is 10.2. The van der Waals surface area contributed by atoms with E-state index in [4.69, 9.17) is 11.6 Å². The first-order valence-corrected chi connectivity index (χ1v) is 7.71. The molecule has 3 rings (SSSR count). The summed E-state index contributed by atoms with van der Waals surface area (Å²) in [4.78, 5) is 16.3. The van der Waals surface area contributed by atoms with Gasteiger partial charge in [0.1, 0.15) is 11.6 Å². The van der Waals surface area contributed by atoms with Crippen molar-refractivity contribution in [1.82, 2.24) is 20.5 Å². The van der Waals surface area contributed by atoms with E-state index in [0.29, 0.717) is 29.6 Å². The number of halogens is 2. The standard InChI is InChI=1S/C17H14ClFN4O/c18-12-6-7-14(19)13(10-12)17(24)20-9-8-15-21-16(23-22-15)11-4-2-1-3-5-11/h1-7,10H,8-9H2,(H,20,24)(H,21,22,23). The maximum absolute atomic E-state index is 13.6. The maximum Gasteiger partial charge on any atom is 0.254 e. The average molecular weight is 345 g/mol. The summed E-state index contributed by atoms with van der Waals surface area (Å²) in [5, 5.41) is 9.92. The second-order valence-electron chi connectivity index (χ2n) is 5.10. The van der Waals surface area contributed by atoms with Gasteiger partial charge in [-0.15, -0.1) is 0 Å². The molecule has 2 N–H and O–H groups in total. The van der Waals surface area contributed by atoms with Crippen LogP contribution in [-0.2, 0) is 6.42 Å². The number of aromatic amines is 1. The van der Waals surface area contributed by atoms with Crippen molar-refractivity contribution in [2.75, 3.05) is 6.54 Å². The summed E-state index contributed by atoms with van der Waals surface area (Å²) in [6.07, 6.45) is 0.452. The molecule has 2 aromatic carbocycles. The smallest absolute Gasteiger partial charge is 0.254 e. The predicted octanol–water partition coefficient (Wildman–Crippen LogP) is 3.24. The van der Waals surface area contributed by atoms with E-state index in [1.807, 2.05) is 30.3 Å². The third-order valence-corrected chi connectivity index (χ3v) is 3.62. The number of carbonyl (C=O) groups excluding carboxylic acids is 1. The molecule has 0 aliphatic rings. The van der Waals surface area contributed by atoms with Crippen LogP contribution in [0.2, 0.25) is 5.02 Å². The number of rotatable bonds is 5. The van der Waals surface area contributed by atoms with Crippen molar-refractivity contribution in [3.05, 3.63) is 70.8 Å².